The number of hydrogen-bond acceptors (Lipinski definition) is 3. The van der Waals surface area contributed by atoms with Crippen LogP contribution in [0.3, 0.4) is 0 Å². The standard InChI is InChI=1S/C17H11FOS2/c18-14-6-4-13(5-7-14)15(19)8-3-12-10-17(21-11-12)16-2-1-9-20-16/h1-11H. The van der Waals surface area contributed by atoms with Crippen molar-refractivity contribution in [2.24, 2.45) is 0 Å². The Bertz CT molecular complexity index is 767. The second-order valence-corrected chi connectivity index (χ2v) is 6.28. The average Bonchev–Trinajstić information content (AvgIpc) is 3.16. The van der Waals surface area contributed by atoms with Crippen molar-refractivity contribution in [1.29, 1.82) is 0 Å². The first-order valence-electron chi connectivity index (χ1n) is 6.33. The number of ketones is 1. The van der Waals surface area contributed by atoms with Crippen LogP contribution in [0.1, 0.15) is 15.9 Å². The molecule has 0 atom stereocenters. The Morgan fingerprint density at radius 3 is 2.57 bits per heavy atom. The normalized spacial score (nSPS) is 11.1. The van der Waals surface area contributed by atoms with Crippen LogP contribution in [0, 0.1) is 5.82 Å². The fourth-order valence-corrected chi connectivity index (χ4v) is 3.59. The minimum atomic E-state index is -0.339. The van der Waals surface area contributed by atoms with Crippen molar-refractivity contribution in [2.75, 3.05) is 0 Å². The Hall–Kier alpha value is -2.04. The topological polar surface area (TPSA) is 17.1 Å². The monoisotopic (exact) mass is 314 g/mol. The third-order valence-electron chi connectivity index (χ3n) is 2.94. The van der Waals surface area contributed by atoms with Gasteiger partial charge in [-0.05, 0) is 58.8 Å². The molecule has 21 heavy (non-hydrogen) atoms. The van der Waals surface area contributed by atoms with Gasteiger partial charge in [0.25, 0.3) is 0 Å². The number of hydrogen-bond donors (Lipinski definition) is 0. The number of carbonyl (C=O) groups is 1. The molecule has 104 valence electrons. The molecular formula is C17H11FOS2. The quantitative estimate of drug-likeness (QED) is 0.458. The summed E-state index contributed by atoms with van der Waals surface area (Å²) in [6, 6.07) is 11.7. The summed E-state index contributed by atoms with van der Waals surface area (Å²) < 4.78 is 12.8. The predicted octanol–water partition coefficient (Wildman–Crippen LogP) is 5.51. The van der Waals surface area contributed by atoms with E-state index in [-0.39, 0.29) is 11.6 Å². The number of carbonyl (C=O) groups excluding carboxylic acids is 1. The highest BCUT2D eigenvalue weighted by molar-refractivity contribution is 7.20. The largest absolute Gasteiger partial charge is 0.289 e. The molecular weight excluding hydrogens is 303 g/mol. The molecule has 4 heteroatoms. The summed E-state index contributed by atoms with van der Waals surface area (Å²) in [6.45, 7) is 0. The zero-order chi connectivity index (χ0) is 14.7. The van der Waals surface area contributed by atoms with Crippen LogP contribution in [0.5, 0.6) is 0 Å². The van der Waals surface area contributed by atoms with Crippen LogP contribution >= 0.6 is 22.7 Å². The van der Waals surface area contributed by atoms with Gasteiger partial charge in [-0.3, -0.25) is 4.79 Å². The van der Waals surface area contributed by atoms with Gasteiger partial charge in [-0.15, -0.1) is 22.7 Å². The molecule has 0 unspecified atom stereocenters. The van der Waals surface area contributed by atoms with Crippen LogP contribution in [-0.4, -0.2) is 5.78 Å². The molecule has 0 saturated carbocycles. The van der Waals surface area contributed by atoms with Crippen molar-refractivity contribution in [1.82, 2.24) is 0 Å². The summed E-state index contributed by atoms with van der Waals surface area (Å²) in [5, 5.41) is 4.06. The molecule has 0 saturated heterocycles. The zero-order valence-electron chi connectivity index (χ0n) is 11.0. The van der Waals surface area contributed by atoms with Gasteiger partial charge in [0.05, 0.1) is 0 Å². The maximum absolute atomic E-state index is 12.8. The van der Waals surface area contributed by atoms with E-state index in [1.54, 1.807) is 28.7 Å². The van der Waals surface area contributed by atoms with E-state index in [2.05, 4.69) is 12.1 Å². The molecule has 0 amide bonds. The Labute approximate surface area is 130 Å². The summed E-state index contributed by atoms with van der Waals surface area (Å²) >= 11 is 3.35. The first-order chi connectivity index (χ1) is 10.2. The van der Waals surface area contributed by atoms with Gasteiger partial charge in [-0.1, -0.05) is 12.1 Å². The van der Waals surface area contributed by atoms with Crippen LogP contribution in [0.25, 0.3) is 15.8 Å². The first-order valence-corrected chi connectivity index (χ1v) is 8.09. The number of halogens is 1. The van der Waals surface area contributed by atoms with Gasteiger partial charge >= 0.3 is 0 Å². The molecule has 0 aliphatic rings. The fourth-order valence-electron chi connectivity index (χ4n) is 1.87. The zero-order valence-corrected chi connectivity index (χ0v) is 12.6. The Morgan fingerprint density at radius 1 is 1.05 bits per heavy atom. The van der Waals surface area contributed by atoms with Crippen LogP contribution in [-0.2, 0) is 0 Å². The highest BCUT2D eigenvalue weighted by Gasteiger charge is 2.04. The van der Waals surface area contributed by atoms with E-state index < -0.39 is 0 Å². The summed E-state index contributed by atoms with van der Waals surface area (Å²) in [6.07, 6.45) is 3.31. The van der Waals surface area contributed by atoms with Crippen LogP contribution in [0.15, 0.2) is 59.3 Å². The van der Waals surface area contributed by atoms with Gasteiger partial charge in [-0.25, -0.2) is 4.39 Å². The number of benzene rings is 1. The number of rotatable bonds is 4. The summed E-state index contributed by atoms with van der Waals surface area (Å²) in [4.78, 5) is 14.4. The van der Waals surface area contributed by atoms with E-state index in [0.29, 0.717) is 5.56 Å². The average molecular weight is 314 g/mol. The predicted molar refractivity (Wildman–Crippen MR) is 87.4 cm³/mol. The van der Waals surface area contributed by atoms with Crippen molar-refractivity contribution < 1.29 is 9.18 Å². The van der Waals surface area contributed by atoms with Gasteiger partial charge in [0, 0.05) is 15.3 Å². The Morgan fingerprint density at radius 2 is 1.86 bits per heavy atom. The molecule has 0 spiro atoms. The highest BCUT2D eigenvalue weighted by atomic mass is 32.1. The molecule has 0 bridgehead atoms. The lowest BCUT2D eigenvalue weighted by molar-refractivity contribution is 0.104. The van der Waals surface area contributed by atoms with Crippen molar-refractivity contribution in [2.45, 2.75) is 0 Å². The van der Waals surface area contributed by atoms with Gasteiger partial charge in [-0.2, -0.15) is 0 Å². The van der Waals surface area contributed by atoms with Gasteiger partial charge in [0.1, 0.15) is 5.82 Å². The maximum atomic E-state index is 12.8. The van der Waals surface area contributed by atoms with Gasteiger partial charge in [0.15, 0.2) is 5.78 Å². The highest BCUT2D eigenvalue weighted by Crippen LogP contribution is 2.31. The van der Waals surface area contributed by atoms with E-state index in [1.165, 1.54) is 40.1 Å². The van der Waals surface area contributed by atoms with Crippen molar-refractivity contribution in [3.63, 3.8) is 0 Å². The summed E-state index contributed by atoms with van der Waals surface area (Å²) in [5.74, 6) is -0.465. The molecule has 0 fully saturated rings. The molecule has 3 rings (SSSR count). The van der Waals surface area contributed by atoms with Crippen LogP contribution in [0.4, 0.5) is 4.39 Å². The summed E-state index contributed by atoms with van der Waals surface area (Å²) in [7, 11) is 0. The minimum Gasteiger partial charge on any atom is -0.289 e. The molecule has 1 nitrogen and oxygen atoms in total. The van der Waals surface area contributed by atoms with Crippen LogP contribution < -0.4 is 0 Å². The fraction of sp³-hybridized carbons (Fsp3) is 0. The van der Waals surface area contributed by atoms with Crippen molar-refractivity contribution in [3.05, 3.63) is 76.2 Å². The van der Waals surface area contributed by atoms with E-state index in [1.807, 2.05) is 16.8 Å². The van der Waals surface area contributed by atoms with E-state index in [0.717, 1.165) is 5.56 Å². The van der Waals surface area contributed by atoms with E-state index >= 15 is 0 Å². The molecule has 2 heterocycles. The van der Waals surface area contributed by atoms with E-state index in [4.69, 9.17) is 0 Å². The third-order valence-corrected chi connectivity index (χ3v) is 4.95. The number of allylic oxidation sites excluding steroid dienone is 1. The SMILES string of the molecule is O=C(C=Cc1csc(-c2cccs2)c1)c1ccc(F)cc1. The first kappa shape index (κ1) is 13.9. The van der Waals surface area contributed by atoms with Crippen molar-refractivity contribution >= 4 is 34.5 Å². The van der Waals surface area contributed by atoms with Crippen molar-refractivity contribution in [3.8, 4) is 9.75 Å². The molecule has 0 radical (unpaired) electrons. The lowest BCUT2D eigenvalue weighted by Gasteiger charge is -1.94. The lowest BCUT2D eigenvalue weighted by atomic mass is 10.1. The van der Waals surface area contributed by atoms with Gasteiger partial charge in [0.2, 0.25) is 0 Å². The minimum absolute atomic E-state index is 0.126. The second kappa shape index (κ2) is 6.16. The molecule has 0 aliphatic carbocycles. The van der Waals surface area contributed by atoms with Gasteiger partial charge < -0.3 is 0 Å². The third kappa shape index (κ3) is 3.35. The molecule has 0 N–H and O–H groups in total. The molecule has 1 aromatic carbocycles. The smallest absolute Gasteiger partial charge is 0.185 e. The molecule has 2 aromatic heterocycles. The lowest BCUT2D eigenvalue weighted by Crippen LogP contribution is -1.93. The van der Waals surface area contributed by atoms with E-state index in [9.17, 15) is 9.18 Å². The number of thiophene rings is 2. The second-order valence-electron chi connectivity index (χ2n) is 4.43. The summed E-state index contributed by atoms with van der Waals surface area (Å²) in [5.41, 5.74) is 1.49. The Balaban J connectivity index is 1.74. The van der Waals surface area contributed by atoms with Crippen LogP contribution in [0.2, 0.25) is 0 Å². The molecule has 3 aromatic rings. The molecule has 0 aliphatic heterocycles. The Kier molecular flexibility index (Phi) is 4.08. The maximum Gasteiger partial charge on any atom is 0.185 e.